The molecule has 0 bridgehead atoms. The molecule has 0 aliphatic heterocycles. The molecule has 0 aliphatic rings. The van der Waals surface area contributed by atoms with Gasteiger partial charge in [0.05, 0.1) is 68.3 Å². The molecule has 5 aromatic rings. The minimum atomic E-state index is -2.75. The van der Waals surface area contributed by atoms with Crippen LogP contribution in [0.25, 0.3) is 0 Å². The van der Waals surface area contributed by atoms with Gasteiger partial charge >= 0.3 is 17.2 Å². The molecule has 5 rings (SSSR count). The van der Waals surface area contributed by atoms with Crippen molar-refractivity contribution in [3.63, 3.8) is 0 Å². The first kappa shape index (κ1) is 46.3. The Morgan fingerprint density at radius 3 is 1.10 bits per heavy atom. The molecule has 0 radical (unpaired) electrons. The van der Waals surface area contributed by atoms with E-state index in [2.05, 4.69) is 0 Å². The number of carbonyl (C=O) groups excluding carboxylic acids is 4. The van der Waals surface area contributed by atoms with E-state index in [1.165, 1.54) is 117 Å². The van der Waals surface area contributed by atoms with Gasteiger partial charge in [0.1, 0.15) is 51.7 Å². The molecule has 19 heteroatoms. The van der Waals surface area contributed by atoms with Crippen LogP contribution in [0.15, 0.2) is 91.0 Å². The van der Waals surface area contributed by atoms with Gasteiger partial charge in [0, 0.05) is 35.9 Å². The number of nitrogens with zero attached hydrogens (tertiary/aromatic N) is 1. The number of ether oxygens (including phenoxy) is 4. The zero-order valence-electron chi connectivity index (χ0n) is 34.7. The first-order chi connectivity index (χ1) is 29.6. The number of nitro benzene ring substituents is 1. The van der Waals surface area contributed by atoms with Gasteiger partial charge in [-0.2, -0.15) is 0 Å². The second kappa shape index (κ2) is 21.1. The van der Waals surface area contributed by atoms with E-state index in [1.54, 1.807) is 24.3 Å². The molecule has 0 N–H and O–H groups in total. The van der Waals surface area contributed by atoms with Gasteiger partial charge in [0.25, 0.3) is 5.69 Å². The lowest BCUT2D eigenvalue weighted by molar-refractivity contribution is -0.384. The maximum atomic E-state index is 12.7. The van der Waals surface area contributed by atoms with Crippen LogP contribution in [-0.2, 0) is 11.1 Å². The Hall–Kier alpha value is -6.80. The van der Waals surface area contributed by atoms with Crippen LogP contribution in [0.5, 0.6) is 51.7 Å². The Balaban J connectivity index is 1.60. The van der Waals surface area contributed by atoms with Crippen molar-refractivity contribution in [3.05, 3.63) is 129 Å². The van der Waals surface area contributed by atoms with Crippen molar-refractivity contribution < 1.29 is 70.2 Å². The largest absolute Gasteiger partial charge is 0.530 e. The highest BCUT2D eigenvalue weighted by atomic mass is 31.2. The minimum Gasteiger partial charge on any atom is -0.497 e. The second-order valence-electron chi connectivity index (χ2n) is 12.9. The van der Waals surface area contributed by atoms with Gasteiger partial charge in [-0.1, -0.05) is 0 Å². The summed E-state index contributed by atoms with van der Waals surface area (Å²) in [6.07, 6.45) is 0. The van der Waals surface area contributed by atoms with Gasteiger partial charge in [0.15, 0.2) is 23.1 Å². The number of carbonyl (C=O) groups is 4. The van der Waals surface area contributed by atoms with Gasteiger partial charge in [-0.25, -0.2) is 0 Å². The Morgan fingerprint density at radius 2 is 0.790 bits per heavy atom. The Kier molecular flexibility index (Phi) is 15.8. The Morgan fingerprint density at radius 1 is 0.468 bits per heavy atom. The maximum Gasteiger partial charge on any atom is 0.530 e. The van der Waals surface area contributed by atoms with Crippen LogP contribution < -0.4 is 41.6 Å². The van der Waals surface area contributed by atoms with Gasteiger partial charge in [-0.3, -0.25) is 33.8 Å². The lowest BCUT2D eigenvalue weighted by Crippen LogP contribution is -2.09. The average Bonchev–Trinajstić information content (AvgIpc) is 3.25. The van der Waals surface area contributed by atoms with Crippen molar-refractivity contribution in [2.24, 2.45) is 0 Å². The van der Waals surface area contributed by atoms with Crippen LogP contribution >= 0.6 is 17.2 Å². The second-order valence-corrected chi connectivity index (χ2v) is 15.0. The number of benzene rings is 5. The third kappa shape index (κ3) is 11.7. The summed E-state index contributed by atoms with van der Waals surface area (Å²) in [5, 5.41) is 12.1. The fraction of sp³-hybridized carbons (Fsp3) is 0.209. The van der Waals surface area contributed by atoms with Crippen molar-refractivity contribution in [1.82, 2.24) is 0 Å². The van der Waals surface area contributed by atoms with Crippen molar-refractivity contribution in [2.75, 3.05) is 28.4 Å². The first-order valence-electron chi connectivity index (χ1n) is 18.3. The normalized spacial score (nSPS) is 10.7. The van der Waals surface area contributed by atoms with Crippen molar-refractivity contribution in [3.8, 4) is 51.7 Å². The molecule has 0 saturated heterocycles. The van der Waals surface area contributed by atoms with E-state index in [-0.39, 0.29) is 79.7 Å². The van der Waals surface area contributed by atoms with E-state index in [1.807, 2.05) is 0 Å². The molecule has 0 heterocycles. The summed E-state index contributed by atoms with van der Waals surface area (Å²) in [7, 11) is 0.361. The molecule has 0 atom stereocenters. The van der Waals surface area contributed by atoms with Crippen molar-refractivity contribution >= 4 is 46.0 Å². The minimum absolute atomic E-state index is 0.0251. The lowest BCUT2D eigenvalue weighted by atomic mass is 10.1. The van der Waals surface area contributed by atoms with Crippen molar-refractivity contribution in [2.45, 2.75) is 34.3 Å². The number of rotatable bonds is 22. The van der Waals surface area contributed by atoms with Gasteiger partial charge in [0.2, 0.25) is 0 Å². The number of nitro groups is 1. The summed E-state index contributed by atoms with van der Waals surface area (Å²) in [6, 6.07) is 21.6. The summed E-state index contributed by atoms with van der Waals surface area (Å²) in [6.45, 7) is 4.89. The van der Waals surface area contributed by atoms with Crippen LogP contribution in [-0.4, -0.2) is 56.5 Å². The summed E-state index contributed by atoms with van der Waals surface area (Å²) in [5.41, 5.74) is 0.333. The van der Waals surface area contributed by atoms with E-state index in [0.717, 1.165) is 6.07 Å². The van der Waals surface area contributed by atoms with Gasteiger partial charge in [-0.05, 0) is 82.3 Å². The average molecular weight is 890 g/mol. The third-order valence-electron chi connectivity index (χ3n) is 8.72. The predicted octanol–water partition coefficient (Wildman–Crippen LogP) is 10.1. The van der Waals surface area contributed by atoms with Gasteiger partial charge in [-0.15, -0.1) is 0 Å². The van der Waals surface area contributed by atoms with Crippen molar-refractivity contribution in [1.29, 1.82) is 0 Å². The quantitative estimate of drug-likeness (QED) is 0.0274. The Labute approximate surface area is 358 Å². The smallest absolute Gasteiger partial charge is 0.497 e. The molecule has 62 heavy (non-hydrogen) atoms. The fourth-order valence-electron chi connectivity index (χ4n) is 5.50. The lowest BCUT2D eigenvalue weighted by Gasteiger charge is -2.23. The van der Waals surface area contributed by atoms with E-state index in [4.69, 9.17) is 46.1 Å². The molecule has 0 aromatic heterocycles. The number of hydrogen-bond acceptors (Lipinski definition) is 16. The predicted molar refractivity (Wildman–Crippen MR) is 227 cm³/mol. The molecule has 0 fully saturated rings. The zero-order chi connectivity index (χ0) is 45.1. The molecular weight excluding hydrogens is 848 g/mol. The molecule has 0 amide bonds. The number of methoxy groups -OCH3 is 4. The highest BCUT2D eigenvalue weighted by Crippen LogP contribution is 2.49. The standard InChI is InChI=1S/C43H41NO16P2/c1-25(45)35-15-11-31(51-5)20-40(35)57-61(58-41-21-32(52-6)12-16-36(41)26(2)46)55-24-29-9-10-30(44(49)50)19-39(29)56-62(59-42-22-33(53-7)13-17-37(42)27(3)47)60-43-23-34(54-8)14-18-38(43)28(4)48/h9-23H,24H2,1-8H3. The number of Topliss-reactive ketones (excluding diaryl/α,β-unsaturated/α-hetero) is 4. The van der Waals surface area contributed by atoms with Crippen LogP contribution in [0.3, 0.4) is 0 Å². The Bertz CT molecular complexity index is 2360. The zero-order valence-corrected chi connectivity index (χ0v) is 36.5. The first-order valence-corrected chi connectivity index (χ1v) is 20.5. The fourth-order valence-corrected chi connectivity index (χ4v) is 7.57. The molecule has 324 valence electrons. The highest BCUT2D eigenvalue weighted by molar-refractivity contribution is 7.43. The monoisotopic (exact) mass is 889 g/mol. The summed E-state index contributed by atoms with van der Waals surface area (Å²) in [5.74, 6) is -0.319. The van der Waals surface area contributed by atoms with Crippen LogP contribution in [0.2, 0.25) is 0 Å². The molecule has 5 aromatic carbocycles. The summed E-state index contributed by atoms with van der Waals surface area (Å²) < 4.78 is 59.0. The van der Waals surface area contributed by atoms with E-state index in [0.29, 0.717) is 23.0 Å². The molecule has 0 saturated carbocycles. The molecule has 0 spiro atoms. The maximum absolute atomic E-state index is 12.7. The van der Waals surface area contributed by atoms with Crippen LogP contribution in [0.4, 0.5) is 5.69 Å². The van der Waals surface area contributed by atoms with E-state index in [9.17, 15) is 29.3 Å². The topological polar surface area (TPSA) is 204 Å². The molecule has 17 nitrogen and oxygen atoms in total. The van der Waals surface area contributed by atoms with Crippen LogP contribution in [0.1, 0.15) is 74.7 Å². The van der Waals surface area contributed by atoms with Gasteiger partial charge < -0.3 is 41.6 Å². The molecule has 0 aliphatic carbocycles. The molecular formula is C43H41NO16P2. The number of non-ortho nitro benzene ring substituents is 1. The third-order valence-corrected chi connectivity index (χ3v) is 10.8. The van der Waals surface area contributed by atoms with Crippen LogP contribution in [0, 0.1) is 10.1 Å². The summed E-state index contributed by atoms with van der Waals surface area (Å²) >= 11 is 0. The highest BCUT2D eigenvalue weighted by Gasteiger charge is 2.30. The SMILES string of the molecule is COc1ccc(C(C)=O)c(OP(OCc2ccc([N+](=O)[O-])cc2OP(Oc2cc(OC)ccc2C(C)=O)Oc2cc(OC)ccc2C(C)=O)Oc2cc(OC)ccc2C(C)=O)c1. The van der Waals surface area contributed by atoms with E-state index < -0.39 is 34.4 Å². The summed E-state index contributed by atoms with van der Waals surface area (Å²) in [4.78, 5) is 62.3. The molecule has 0 unspecified atom stereocenters. The number of hydrogen-bond donors (Lipinski definition) is 0. The number of ketones is 4. The van der Waals surface area contributed by atoms with E-state index >= 15 is 0 Å².